The lowest BCUT2D eigenvalue weighted by atomic mass is 9.95. The fourth-order valence-electron chi connectivity index (χ4n) is 4.74. The molecule has 0 heterocycles. The third kappa shape index (κ3) is 8.25. The quantitative estimate of drug-likeness (QED) is 0.334. The highest BCUT2D eigenvalue weighted by Crippen LogP contribution is 2.35. The van der Waals surface area contributed by atoms with E-state index in [0.717, 1.165) is 48.2 Å². The van der Waals surface area contributed by atoms with Gasteiger partial charge in [0.2, 0.25) is 21.8 Å². The number of carbonyl (C=O) groups excluding carboxylic acids is 2. The van der Waals surface area contributed by atoms with Crippen molar-refractivity contribution in [3.63, 3.8) is 0 Å². The molecule has 1 fully saturated rings. The number of benzene rings is 2. The van der Waals surface area contributed by atoms with Crippen LogP contribution in [0.25, 0.3) is 0 Å². The van der Waals surface area contributed by atoms with Crippen LogP contribution in [0.4, 0.5) is 5.69 Å². The van der Waals surface area contributed by atoms with Crippen LogP contribution in [-0.4, -0.2) is 56.6 Å². The van der Waals surface area contributed by atoms with Crippen LogP contribution >= 0.6 is 34.8 Å². The summed E-state index contributed by atoms with van der Waals surface area (Å²) in [7, 11) is -3.94. The first-order chi connectivity index (χ1) is 18.0. The highest BCUT2D eigenvalue weighted by Gasteiger charge is 2.33. The van der Waals surface area contributed by atoms with E-state index < -0.39 is 28.5 Å². The summed E-state index contributed by atoms with van der Waals surface area (Å²) in [5.74, 6) is -0.738. The van der Waals surface area contributed by atoms with Gasteiger partial charge in [-0.1, -0.05) is 91.3 Å². The maximum Gasteiger partial charge on any atom is 0.244 e. The summed E-state index contributed by atoms with van der Waals surface area (Å²) in [4.78, 5) is 28.7. The Kier molecular flexibility index (Phi) is 11.2. The monoisotopic (exact) mass is 601 g/mol. The maximum absolute atomic E-state index is 13.8. The van der Waals surface area contributed by atoms with E-state index in [0.29, 0.717) is 12.8 Å². The summed E-state index contributed by atoms with van der Waals surface area (Å²) in [6.45, 7) is 1.54. The molecular weight excluding hydrogens is 569 g/mol. The number of nitrogens with one attached hydrogen (secondary N) is 1. The first-order valence-electron chi connectivity index (χ1n) is 12.8. The van der Waals surface area contributed by atoms with Crippen LogP contribution in [0.3, 0.4) is 0 Å². The number of nitrogens with zero attached hydrogens (tertiary/aromatic N) is 2. The van der Waals surface area contributed by atoms with Gasteiger partial charge in [0.15, 0.2) is 0 Å². The van der Waals surface area contributed by atoms with Crippen molar-refractivity contribution >= 4 is 62.3 Å². The van der Waals surface area contributed by atoms with Gasteiger partial charge >= 0.3 is 0 Å². The Hall–Kier alpha value is -2.00. The second kappa shape index (κ2) is 13.9. The number of hydrogen-bond acceptors (Lipinski definition) is 4. The summed E-state index contributed by atoms with van der Waals surface area (Å²) in [6, 6.07) is 11.6. The minimum Gasteiger partial charge on any atom is -0.352 e. The minimum atomic E-state index is -3.94. The Labute approximate surface area is 240 Å². The van der Waals surface area contributed by atoms with Crippen molar-refractivity contribution in [1.82, 2.24) is 10.2 Å². The molecule has 1 aliphatic rings. The topological polar surface area (TPSA) is 86.8 Å². The Balaban J connectivity index is 1.90. The minimum absolute atomic E-state index is 0.0375. The molecular formula is C27H34Cl3N3O4S. The molecule has 1 aliphatic carbocycles. The SMILES string of the molecule is CC[C@@H](C(=O)NC1CCCCC1)N(CCc1ccccc1)C(=O)CN(c1cc(Cl)c(Cl)cc1Cl)S(C)(=O)=O. The van der Waals surface area contributed by atoms with Crippen molar-refractivity contribution in [3.8, 4) is 0 Å². The maximum atomic E-state index is 13.8. The van der Waals surface area contributed by atoms with Gasteiger partial charge < -0.3 is 10.2 Å². The van der Waals surface area contributed by atoms with Gasteiger partial charge in [-0.05, 0) is 43.4 Å². The van der Waals surface area contributed by atoms with Gasteiger partial charge in [0, 0.05) is 12.6 Å². The van der Waals surface area contributed by atoms with E-state index in [1.54, 1.807) is 0 Å². The predicted molar refractivity (Wildman–Crippen MR) is 155 cm³/mol. The van der Waals surface area contributed by atoms with Gasteiger partial charge in [-0.15, -0.1) is 0 Å². The van der Waals surface area contributed by atoms with E-state index in [2.05, 4.69) is 5.32 Å². The molecule has 0 spiro atoms. The second-order valence-corrected chi connectivity index (χ2v) is 12.7. The average molecular weight is 603 g/mol. The molecule has 0 aromatic heterocycles. The van der Waals surface area contributed by atoms with Crippen molar-refractivity contribution < 1.29 is 18.0 Å². The van der Waals surface area contributed by atoms with Crippen LogP contribution in [0, 0.1) is 0 Å². The molecule has 38 heavy (non-hydrogen) atoms. The lowest BCUT2D eigenvalue weighted by molar-refractivity contribution is -0.140. The molecule has 0 unspecified atom stereocenters. The van der Waals surface area contributed by atoms with Crippen LogP contribution in [0.5, 0.6) is 0 Å². The fourth-order valence-corrected chi connectivity index (χ4v) is 6.28. The van der Waals surface area contributed by atoms with Crippen molar-refractivity contribution in [3.05, 3.63) is 63.1 Å². The molecule has 2 aromatic rings. The summed E-state index contributed by atoms with van der Waals surface area (Å²) in [6.07, 6.45) is 6.98. The van der Waals surface area contributed by atoms with Crippen molar-refractivity contribution in [2.45, 2.75) is 64.0 Å². The number of amides is 2. The first kappa shape index (κ1) is 30.5. The van der Waals surface area contributed by atoms with E-state index in [1.807, 2.05) is 37.3 Å². The smallest absolute Gasteiger partial charge is 0.244 e. The number of sulfonamides is 1. The predicted octanol–water partition coefficient (Wildman–Crippen LogP) is 5.71. The van der Waals surface area contributed by atoms with Gasteiger partial charge in [-0.25, -0.2) is 8.42 Å². The summed E-state index contributed by atoms with van der Waals surface area (Å²) in [5, 5.41) is 3.43. The lowest BCUT2D eigenvalue weighted by Gasteiger charge is -2.34. The van der Waals surface area contributed by atoms with E-state index in [-0.39, 0.29) is 39.2 Å². The third-order valence-electron chi connectivity index (χ3n) is 6.76. The number of carbonyl (C=O) groups is 2. The number of hydrogen-bond donors (Lipinski definition) is 1. The summed E-state index contributed by atoms with van der Waals surface area (Å²) in [5.41, 5.74) is 1.04. The Morgan fingerprint density at radius 1 is 1.00 bits per heavy atom. The molecule has 1 saturated carbocycles. The highest BCUT2D eigenvalue weighted by atomic mass is 35.5. The number of halogens is 3. The normalized spacial score (nSPS) is 15.1. The molecule has 0 saturated heterocycles. The Morgan fingerprint density at radius 3 is 2.24 bits per heavy atom. The van der Waals surface area contributed by atoms with Crippen molar-refractivity contribution in [2.75, 3.05) is 23.7 Å². The van der Waals surface area contributed by atoms with Gasteiger partial charge in [0.25, 0.3) is 0 Å². The van der Waals surface area contributed by atoms with E-state index in [1.165, 1.54) is 17.0 Å². The van der Waals surface area contributed by atoms with Gasteiger partial charge in [-0.3, -0.25) is 13.9 Å². The Morgan fingerprint density at radius 2 is 1.63 bits per heavy atom. The Bertz CT molecular complexity index is 1220. The van der Waals surface area contributed by atoms with E-state index in [4.69, 9.17) is 34.8 Å². The van der Waals surface area contributed by atoms with Crippen molar-refractivity contribution in [2.24, 2.45) is 0 Å². The molecule has 0 radical (unpaired) electrons. The lowest BCUT2D eigenvalue weighted by Crippen LogP contribution is -2.54. The van der Waals surface area contributed by atoms with Gasteiger partial charge in [0.1, 0.15) is 12.6 Å². The van der Waals surface area contributed by atoms with Crippen LogP contribution in [0.1, 0.15) is 51.0 Å². The zero-order valence-electron chi connectivity index (χ0n) is 21.6. The van der Waals surface area contributed by atoms with Crippen LogP contribution in [0.2, 0.25) is 15.1 Å². The van der Waals surface area contributed by atoms with Gasteiger partial charge in [0.05, 0.1) is 27.0 Å². The fraction of sp³-hybridized carbons (Fsp3) is 0.481. The second-order valence-electron chi connectivity index (χ2n) is 9.58. The molecule has 2 aromatic carbocycles. The van der Waals surface area contributed by atoms with Gasteiger partial charge in [-0.2, -0.15) is 0 Å². The van der Waals surface area contributed by atoms with Crippen LogP contribution in [0.15, 0.2) is 42.5 Å². The van der Waals surface area contributed by atoms with Crippen LogP contribution in [-0.2, 0) is 26.0 Å². The van der Waals surface area contributed by atoms with E-state index >= 15 is 0 Å². The molecule has 1 N–H and O–H groups in total. The number of rotatable bonds is 11. The molecule has 0 aliphatic heterocycles. The highest BCUT2D eigenvalue weighted by molar-refractivity contribution is 7.92. The third-order valence-corrected chi connectivity index (χ3v) is 8.91. The largest absolute Gasteiger partial charge is 0.352 e. The molecule has 0 bridgehead atoms. The zero-order valence-corrected chi connectivity index (χ0v) is 24.7. The molecule has 3 rings (SSSR count). The molecule has 2 amide bonds. The van der Waals surface area contributed by atoms with Crippen LogP contribution < -0.4 is 9.62 Å². The average Bonchev–Trinajstić information content (AvgIpc) is 2.87. The first-order valence-corrected chi connectivity index (χ1v) is 15.8. The van der Waals surface area contributed by atoms with Crippen molar-refractivity contribution in [1.29, 1.82) is 0 Å². The zero-order chi connectivity index (χ0) is 27.9. The summed E-state index contributed by atoms with van der Waals surface area (Å²) >= 11 is 18.5. The standard InChI is InChI=1S/C27H34Cl3N3O4S/c1-3-24(27(35)31-20-12-8-5-9-13-20)32(15-14-19-10-6-4-7-11-19)26(34)18-33(38(2,36)37)25-17-22(29)21(28)16-23(25)30/h4,6-7,10-11,16-17,20,24H,3,5,8-9,12-15,18H2,1-2H3,(H,31,35)/t24-/m0/s1. The molecule has 11 heteroatoms. The number of anilines is 1. The van der Waals surface area contributed by atoms with E-state index in [9.17, 15) is 18.0 Å². The molecule has 7 nitrogen and oxygen atoms in total. The molecule has 1 atom stereocenters. The molecule has 208 valence electrons. The summed E-state index contributed by atoms with van der Waals surface area (Å²) < 4.78 is 26.5.